The first-order valence-electron chi connectivity index (χ1n) is 10.4. The number of benzene rings is 2. The number of likely N-dealkylation sites (tertiary alicyclic amines) is 1. The second kappa shape index (κ2) is 8.22. The van der Waals surface area contributed by atoms with Crippen molar-refractivity contribution in [1.82, 2.24) is 4.90 Å². The fraction of sp³-hybridized carbons (Fsp3) is 0.364. The van der Waals surface area contributed by atoms with Gasteiger partial charge in [-0.1, -0.05) is 52.1 Å². The molecule has 0 N–H and O–H groups in total. The van der Waals surface area contributed by atoms with Gasteiger partial charge in [-0.25, -0.2) is 8.42 Å². The first-order valence-corrected chi connectivity index (χ1v) is 13.5. The van der Waals surface area contributed by atoms with Crippen molar-refractivity contribution >= 4 is 56.8 Å². The van der Waals surface area contributed by atoms with Crippen LogP contribution in [-0.2, 0) is 42.0 Å². The van der Waals surface area contributed by atoms with Crippen LogP contribution in [0.3, 0.4) is 0 Å². The number of fused-ring (bicyclic) bond motifs is 2. The summed E-state index contributed by atoms with van der Waals surface area (Å²) in [4.78, 5) is 17.5. The van der Waals surface area contributed by atoms with Crippen LogP contribution in [0.15, 0.2) is 35.5 Å². The molecule has 3 unspecified atom stereocenters. The number of alkyl halides is 3. The summed E-state index contributed by atoms with van der Waals surface area (Å²) in [6, 6.07) is 6.79. The standard InChI is InChI=1S/C22H16Cl3F3N2O5S/c1-36(32,33)19-20(9-30(19)10-31)14-3-2-11(4-12(14)8-34-20)17-7-21(35-29-17,22(26,27)28)13-5-15(23)18(25)16(24)6-13/h2-6,10,19H,7-9H2,1H3. The summed E-state index contributed by atoms with van der Waals surface area (Å²) >= 11 is 17.9. The molecule has 1 fully saturated rings. The van der Waals surface area contributed by atoms with Gasteiger partial charge in [0.2, 0.25) is 6.41 Å². The summed E-state index contributed by atoms with van der Waals surface area (Å²) < 4.78 is 73.5. The minimum absolute atomic E-state index is 0.0149. The van der Waals surface area contributed by atoms with Crippen LogP contribution in [0.4, 0.5) is 13.2 Å². The lowest BCUT2D eigenvalue weighted by atomic mass is 9.83. The molecule has 2 aromatic rings. The number of hydrogen-bond donors (Lipinski definition) is 0. The number of hydrogen-bond acceptors (Lipinski definition) is 6. The Morgan fingerprint density at radius 1 is 1.17 bits per heavy atom. The van der Waals surface area contributed by atoms with E-state index in [1.807, 2.05) is 0 Å². The maximum Gasteiger partial charge on any atom is 0.435 e. The van der Waals surface area contributed by atoms with E-state index in [1.54, 1.807) is 12.1 Å². The van der Waals surface area contributed by atoms with Crippen molar-refractivity contribution in [2.24, 2.45) is 5.16 Å². The molecule has 3 atom stereocenters. The SMILES string of the molecule is CS(=O)(=O)C1N(C=O)CC12OCc1cc(C3=NOC(c4cc(Cl)c(Cl)c(Cl)c4)(C(F)(F)F)C3)ccc12. The molecule has 7 nitrogen and oxygen atoms in total. The maximum absolute atomic E-state index is 14.3. The highest BCUT2D eigenvalue weighted by Gasteiger charge is 2.64. The molecule has 0 bridgehead atoms. The molecule has 14 heteroatoms. The number of halogens is 6. The Kier molecular flexibility index (Phi) is 5.85. The van der Waals surface area contributed by atoms with Gasteiger partial charge in [0.25, 0.3) is 5.60 Å². The first kappa shape index (κ1) is 25.6. The van der Waals surface area contributed by atoms with Gasteiger partial charge >= 0.3 is 6.18 Å². The van der Waals surface area contributed by atoms with Gasteiger partial charge in [0.15, 0.2) is 15.2 Å². The maximum atomic E-state index is 14.3. The van der Waals surface area contributed by atoms with Crippen molar-refractivity contribution < 1.29 is 36.0 Å². The van der Waals surface area contributed by atoms with Crippen molar-refractivity contribution in [2.75, 3.05) is 12.8 Å². The fourth-order valence-corrected chi connectivity index (χ4v) is 7.22. The van der Waals surface area contributed by atoms with Crippen LogP contribution < -0.4 is 0 Å². The van der Waals surface area contributed by atoms with Crippen molar-refractivity contribution in [3.8, 4) is 0 Å². The summed E-state index contributed by atoms with van der Waals surface area (Å²) in [5, 5.41) is 2.15. The Morgan fingerprint density at radius 3 is 2.42 bits per heavy atom. The number of amides is 1. The first-order chi connectivity index (χ1) is 16.7. The quantitative estimate of drug-likeness (QED) is 0.382. The van der Waals surface area contributed by atoms with Gasteiger partial charge < -0.3 is 14.5 Å². The smallest absolute Gasteiger partial charge is 0.374 e. The van der Waals surface area contributed by atoms with E-state index in [2.05, 4.69) is 5.16 Å². The van der Waals surface area contributed by atoms with Crippen LogP contribution in [0.5, 0.6) is 0 Å². The van der Waals surface area contributed by atoms with E-state index in [4.69, 9.17) is 44.4 Å². The van der Waals surface area contributed by atoms with Crippen LogP contribution in [0.2, 0.25) is 15.1 Å². The number of rotatable bonds is 4. The summed E-state index contributed by atoms with van der Waals surface area (Å²) in [5.41, 5.74) is -2.93. The minimum atomic E-state index is -4.88. The third-order valence-electron chi connectivity index (χ3n) is 6.67. The van der Waals surface area contributed by atoms with E-state index in [-0.39, 0.29) is 39.5 Å². The fourth-order valence-electron chi connectivity index (χ4n) is 5.04. The van der Waals surface area contributed by atoms with Crippen molar-refractivity contribution in [3.05, 3.63) is 67.7 Å². The molecular formula is C22H16Cl3F3N2O5S. The lowest BCUT2D eigenvalue weighted by Crippen LogP contribution is -2.69. The Morgan fingerprint density at radius 2 is 1.83 bits per heavy atom. The Labute approximate surface area is 218 Å². The monoisotopic (exact) mass is 582 g/mol. The molecule has 0 saturated carbocycles. The average molecular weight is 584 g/mol. The summed E-state index contributed by atoms with van der Waals surface area (Å²) in [6.45, 7) is 0.0583. The van der Waals surface area contributed by atoms with Gasteiger partial charge in [-0.2, -0.15) is 13.2 Å². The zero-order valence-corrected chi connectivity index (χ0v) is 21.4. The van der Waals surface area contributed by atoms with E-state index in [9.17, 15) is 26.4 Å². The summed E-state index contributed by atoms with van der Waals surface area (Å²) in [6.07, 6.45) is -4.08. The van der Waals surface area contributed by atoms with Gasteiger partial charge in [-0.15, -0.1) is 0 Å². The molecule has 3 aliphatic heterocycles. The van der Waals surface area contributed by atoms with E-state index in [1.165, 1.54) is 6.07 Å². The van der Waals surface area contributed by atoms with Crippen molar-refractivity contribution in [2.45, 2.75) is 35.8 Å². The lowest BCUT2D eigenvalue weighted by Gasteiger charge is -2.52. The highest BCUT2D eigenvalue weighted by atomic mass is 35.5. The van der Waals surface area contributed by atoms with Gasteiger partial charge in [0.05, 0.1) is 33.9 Å². The minimum Gasteiger partial charge on any atom is -0.374 e. The van der Waals surface area contributed by atoms with Crippen LogP contribution >= 0.6 is 34.8 Å². The third-order valence-corrected chi connectivity index (χ3v) is 9.33. The Balaban J connectivity index is 1.49. The van der Waals surface area contributed by atoms with Gasteiger partial charge in [-0.3, -0.25) is 4.79 Å². The van der Waals surface area contributed by atoms with Gasteiger partial charge in [0, 0.05) is 18.2 Å². The number of nitrogens with zero attached hydrogens (tertiary/aromatic N) is 2. The van der Waals surface area contributed by atoms with Crippen LogP contribution in [0.25, 0.3) is 0 Å². The van der Waals surface area contributed by atoms with Crippen LogP contribution in [0.1, 0.15) is 28.7 Å². The molecule has 0 radical (unpaired) electrons. The number of sulfone groups is 1. The molecule has 36 heavy (non-hydrogen) atoms. The van der Waals surface area contributed by atoms with Crippen molar-refractivity contribution in [1.29, 1.82) is 0 Å². The van der Waals surface area contributed by atoms with E-state index >= 15 is 0 Å². The van der Waals surface area contributed by atoms with E-state index < -0.39 is 39.0 Å². The summed E-state index contributed by atoms with van der Waals surface area (Å²) in [5.74, 6) is 0. The predicted molar refractivity (Wildman–Crippen MR) is 126 cm³/mol. The molecule has 0 aromatic heterocycles. The second-order valence-electron chi connectivity index (χ2n) is 8.89. The Hall–Kier alpha value is -2.05. The zero-order valence-electron chi connectivity index (χ0n) is 18.3. The molecule has 1 saturated heterocycles. The topological polar surface area (TPSA) is 85.3 Å². The van der Waals surface area contributed by atoms with E-state index in [0.29, 0.717) is 23.1 Å². The molecule has 3 aliphatic rings. The van der Waals surface area contributed by atoms with Gasteiger partial charge in [-0.05, 0) is 34.9 Å². The Bertz CT molecular complexity index is 1410. The molecule has 0 aliphatic carbocycles. The predicted octanol–water partition coefficient (Wildman–Crippen LogP) is 4.80. The number of ether oxygens (including phenoxy) is 1. The van der Waals surface area contributed by atoms with Gasteiger partial charge in [0.1, 0.15) is 5.60 Å². The molecule has 5 rings (SSSR count). The van der Waals surface area contributed by atoms with Crippen LogP contribution in [-0.4, -0.2) is 49.8 Å². The zero-order chi connectivity index (χ0) is 26.3. The number of oxime groups is 1. The highest BCUT2D eigenvalue weighted by Crippen LogP contribution is 2.52. The summed E-state index contributed by atoms with van der Waals surface area (Å²) in [7, 11) is -3.69. The normalized spacial score (nSPS) is 27.5. The third kappa shape index (κ3) is 3.62. The number of carbonyl (C=O) groups is 1. The molecule has 1 spiro atoms. The van der Waals surface area contributed by atoms with Crippen LogP contribution in [0, 0.1) is 0 Å². The van der Waals surface area contributed by atoms with Crippen molar-refractivity contribution in [3.63, 3.8) is 0 Å². The van der Waals surface area contributed by atoms with E-state index in [0.717, 1.165) is 23.3 Å². The molecule has 2 aromatic carbocycles. The lowest BCUT2D eigenvalue weighted by molar-refractivity contribution is -0.275. The molecule has 192 valence electrons. The average Bonchev–Trinajstić information content (AvgIpc) is 3.38. The number of carbonyl (C=O) groups excluding carboxylic acids is 1. The highest BCUT2D eigenvalue weighted by molar-refractivity contribution is 7.91. The molecular weight excluding hydrogens is 568 g/mol. The molecule has 3 heterocycles. The molecule has 1 amide bonds. The largest absolute Gasteiger partial charge is 0.435 e. The second-order valence-corrected chi connectivity index (χ2v) is 12.2.